The third kappa shape index (κ3) is 4.15. The average molecular weight is 388 g/mol. The van der Waals surface area contributed by atoms with Crippen LogP contribution in [0.2, 0.25) is 0 Å². The predicted molar refractivity (Wildman–Crippen MR) is 103 cm³/mol. The van der Waals surface area contributed by atoms with Gasteiger partial charge in [0.15, 0.2) is 0 Å². The van der Waals surface area contributed by atoms with Gasteiger partial charge in [-0.1, -0.05) is 36.4 Å². The summed E-state index contributed by atoms with van der Waals surface area (Å²) in [6.45, 7) is 0.837. The molecule has 2 N–H and O–H groups in total. The van der Waals surface area contributed by atoms with Gasteiger partial charge in [-0.2, -0.15) is 0 Å². The number of nitrogens with zero attached hydrogens (tertiary/aromatic N) is 1. The van der Waals surface area contributed by atoms with Gasteiger partial charge in [-0.15, -0.1) is 0 Å². The van der Waals surface area contributed by atoms with E-state index in [1.165, 1.54) is 12.8 Å². The van der Waals surface area contributed by atoms with Crippen LogP contribution >= 0.6 is 0 Å². The van der Waals surface area contributed by atoms with Crippen molar-refractivity contribution in [1.82, 2.24) is 9.62 Å². The summed E-state index contributed by atoms with van der Waals surface area (Å²) in [7, 11) is -3.61. The van der Waals surface area contributed by atoms with E-state index in [0.717, 1.165) is 11.9 Å². The number of carboxylic acid groups (broad SMARTS) is 1. The zero-order valence-corrected chi connectivity index (χ0v) is 15.9. The summed E-state index contributed by atoms with van der Waals surface area (Å²) in [4.78, 5) is 13.4. The Balaban J connectivity index is 1.43. The van der Waals surface area contributed by atoms with Crippen LogP contribution in [0, 0.1) is 5.92 Å². The lowest BCUT2D eigenvalue weighted by Crippen LogP contribution is -2.55. The summed E-state index contributed by atoms with van der Waals surface area (Å²) in [5, 5.41) is 10.7. The minimum absolute atomic E-state index is 0.0317. The fourth-order valence-corrected chi connectivity index (χ4v) is 5.34. The topological polar surface area (TPSA) is 86.7 Å². The molecule has 0 aliphatic heterocycles. The monoisotopic (exact) mass is 388 g/mol. The van der Waals surface area contributed by atoms with Crippen LogP contribution in [0.1, 0.15) is 25.7 Å². The third-order valence-electron chi connectivity index (χ3n) is 5.52. The average Bonchev–Trinajstić information content (AvgIpc) is 3.40. The Labute approximate surface area is 159 Å². The van der Waals surface area contributed by atoms with Crippen molar-refractivity contribution in [3.05, 3.63) is 42.5 Å². The number of sulfonamides is 1. The molecule has 0 spiro atoms. The standard InChI is InChI=1S/C20H24N2O4S/c23-20(24)13-22(12-14-8-9-14)17-10-16(11-17)21-27(25,26)19-7-3-5-15-4-1-2-6-18(15)19/h1-7,14,16-17,21H,8-13H2,(H,23,24). The number of aliphatic carboxylic acids is 1. The van der Waals surface area contributed by atoms with Crippen molar-refractivity contribution in [2.75, 3.05) is 13.1 Å². The Bertz CT molecular complexity index is 944. The van der Waals surface area contributed by atoms with Gasteiger partial charge in [0.1, 0.15) is 0 Å². The largest absolute Gasteiger partial charge is 0.480 e. The summed E-state index contributed by atoms with van der Waals surface area (Å²) < 4.78 is 28.6. The fraction of sp³-hybridized carbons (Fsp3) is 0.450. The first-order valence-electron chi connectivity index (χ1n) is 9.38. The second-order valence-corrected chi connectivity index (χ2v) is 9.37. The quantitative estimate of drug-likeness (QED) is 0.725. The van der Waals surface area contributed by atoms with Gasteiger partial charge in [-0.3, -0.25) is 9.69 Å². The van der Waals surface area contributed by atoms with E-state index in [9.17, 15) is 13.2 Å². The molecular formula is C20H24N2O4S. The highest BCUT2D eigenvalue weighted by Crippen LogP contribution is 2.34. The lowest BCUT2D eigenvalue weighted by molar-refractivity contribution is -0.139. The van der Waals surface area contributed by atoms with E-state index in [1.807, 2.05) is 35.2 Å². The molecule has 2 saturated carbocycles. The molecule has 0 bridgehead atoms. The van der Waals surface area contributed by atoms with Crippen LogP contribution in [0.5, 0.6) is 0 Å². The minimum Gasteiger partial charge on any atom is -0.480 e. The molecule has 0 unspecified atom stereocenters. The molecule has 2 aromatic rings. The van der Waals surface area contributed by atoms with Crippen LogP contribution in [-0.2, 0) is 14.8 Å². The van der Waals surface area contributed by atoms with Crippen LogP contribution in [-0.4, -0.2) is 49.6 Å². The molecule has 0 atom stereocenters. The first-order valence-corrected chi connectivity index (χ1v) is 10.9. The molecule has 0 aromatic heterocycles. The van der Waals surface area contributed by atoms with Crippen molar-refractivity contribution >= 4 is 26.8 Å². The van der Waals surface area contributed by atoms with E-state index in [4.69, 9.17) is 5.11 Å². The summed E-state index contributed by atoms with van der Waals surface area (Å²) >= 11 is 0. The molecule has 4 rings (SSSR count). The number of rotatable bonds is 8. The zero-order valence-electron chi connectivity index (χ0n) is 15.0. The van der Waals surface area contributed by atoms with E-state index in [1.54, 1.807) is 12.1 Å². The zero-order chi connectivity index (χ0) is 19.0. The van der Waals surface area contributed by atoms with Gasteiger partial charge in [-0.05, 0) is 43.1 Å². The fourth-order valence-electron chi connectivity index (χ4n) is 3.84. The molecule has 0 radical (unpaired) electrons. The van der Waals surface area contributed by atoms with Gasteiger partial charge in [0.05, 0.1) is 11.4 Å². The Hall–Kier alpha value is -1.96. The van der Waals surface area contributed by atoms with E-state index < -0.39 is 16.0 Å². The van der Waals surface area contributed by atoms with Crippen LogP contribution in [0.4, 0.5) is 0 Å². The lowest BCUT2D eigenvalue weighted by Gasteiger charge is -2.42. The Morgan fingerprint density at radius 2 is 1.81 bits per heavy atom. The molecule has 2 aliphatic rings. The molecular weight excluding hydrogens is 364 g/mol. The van der Waals surface area contributed by atoms with E-state index >= 15 is 0 Å². The SMILES string of the molecule is O=C(O)CN(CC1CC1)C1CC(NS(=O)(=O)c2cccc3ccccc23)C1. The smallest absolute Gasteiger partial charge is 0.317 e. The molecule has 144 valence electrons. The number of fused-ring (bicyclic) bond motifs is 1. The van der Waals surface area contributed by atoms with E-state index in [0.29, 0.717) is 29.0 Å². The van der Waals surface area contributed by atoms with Gasteiger partial charge >= 0.3 is 5.97 Å². The van der Waals surface area contributed by atoms with Gasteiger partial charge in [0, 0.05) is 24.0 Å². The molecule has 2 aromatic carbocycles. The summed E-state index contributed by atoms with van der Waals surface area (Å²) in [5.74, 6) is -0.216. The Kier molecular flexibility index (Phi) is 4.92. The Morgan fingerprint density at radius 1 is 1.11 bits per heavy atom. The maximum Gasteiger partial charge on any atom is 0.317 e. The number of carboxylic acids is 1. The van der Waals surface area contributed by atoms with Crippen molar-refractivity contribution < 1.29 is 18.3 Å². The Morgan fingerprint density at radius 3 is 2.52 bits per heavy atom. The number of carbonyl (C=O) groups is 1. The molecule has 0 heterocycles. The van der Waals surface area contributed by atoms with Crippen molar-refractivity contribution in [3.8, 4) is 0 Å². The molecule has 7 heteroatoms. The minimum atomic E-state index is -3.61. The van der Waals surface area contributed by atoms with Crippen molar-refractivity contribution in [2.45, 2.75) is 42.7 Å². The molecule has 6 nitrogen and oxygen atoms in total. The molecule has 2 aliphatic carbocycles. The maximum atomic E-state index is 12.9. The van der Waals surface area contributed by atoms with Crippen molar-refractivity contribution in [1.29, 1.82) is 0 Å². The van der Waals surface area contributed by atoms with Crippen molar-refractivity contribution in [2.24, 2.45) is 5.92 Å². The number of hydrogen-bond donors (Lipinski definition) is 2. The highest BCUT2D eigenvalue weighted by molar-refractivity contribution is 7.89. The molecule has 2 fully saturated rings. The van der Waals surface area contributed by atoms with E-state index in [2.05, 4.69) is 4.72 Å². The van der Waals surface area contributed by atoms with Gasteiger partial charge in [0.2, 0.25) is 10.0 Å². The third-order valence-corrected chi connectivity index (χ3v) is 7.10. The van der Waals surface area contributed by atoms with E-state index in [-0.39, 0.29) is 18.6 Å². The first kappa shape index (κ1) is 18.4. The van der Waals surface area contributed by atoms with Crippen LogP contribution in [0.3, 0.4) is 0 Å². The van der Waals surface area contributed by atoms with Crippen LogP contribution < -0.4 is 4.72 Å². The van der Waals surface area contributed by atoms with Crippen LogP contribution in [0.25, 0.3) is 10.8 Å². The second kappa shape index (κ2) is 7.22. The lowest BCUT2D eigenvalue weighted by atomic mass is 9.86. The first-order chi connectivity index (χ1) is 12.9. The van der Waals surface area contributed by atoms with Gasteiger partial charge < -0.3 is 5.11 Å². The molecule has 27 heavy (non-hydrogen) atoms. The normalized spacial score (nSPS) is 22.7. The predicted octanol–water partition coefficient (Wildman–Crippen LogP) is 2.45. The molecule has 0 saturated heterocycles. The summed E-state index contributed by atoms with van der Waals surface area (Å²) in [6.07, 6.45) is 3.65. The van der Waals surface area contributed by atoms with Gasteiger partial charge in [0.25, 0.3) is 0 Å². The number of hydrogen-bond acceptors (Lipinski definition) is 4. The van der Waals surface area contributed by atoms with Crippen molar-refractivity contribution in [3.63, 3.8) is 0 Å². The molecule has 0 amide bonds. The second-order valence-electron chi connectivity index (χ2n) is 7.69. The number of nitrogens with one attached hydrogen (secondary N) is 1. The number of benzene rings is 2. The summed E-state index contributed by atoms with van der Waals surface area (Å²) in [5.41, 5.74) is 0. The van der Waals surface area contributed by atoms with Gasteiger partial charge in [-0.25, -0.2) is 13.1 Å². The highest BCUT2D eigenvalue weighted by atomic mass is 32.2. The maximum absolute atomic E-state index is 12.9. The van der Waals surface area contributed by atoms with Crippen LogP contribution in [0.15, 0.2) is 47.4 Å². The summed E-state index contributed by atoms with van der Waals surface area (Å²) in [6, 6.07) is 12.7. The highest BCUT2D eigenvalue weighted by Gasteiger charge is 2.39.